The molecule has 3 N–H and O–H groups in total. The lowest BCUT2D eigenvalue weighted by molar-refractivity contribution is -0.121. The summed E-state index contributed by atoms with van der Waals surface area (Å²) in [6, 6.07) is 18.2. The Morgan fingerprint density at radius 1 is 0.968 bits per heavy atom. The molecule has 1 aliphatic rings. The zero-order valence-electron chi connectivity index (χ0n) is 17.3. The first-order valence-electron chi connectivity index (χ1n) is 10.3. The lowest BCUT2D eigenvalue weighted by Crippen LogP contribution is -2.41. The molecule has 7 heteroatoms. The van der Waals surface area contributed by atoms with Crippen LogP contribution >= 0.6 is 0 Å². The van der Waals surface area contributed by atoms with Crippen LogP contribution < -0.4 is 15.5 Å². The Balaban J connectivity index is 1.42. The summed E-state index contributed by atoms with van der Waals surface area (Å²) >= 11 is 0. The molecule has 0 saturated carbocycles. The molecule has 4 rings (SSSR count). The number of likely N-dealkylation sites (tertiary alicyclic amines) is 1. The fraction of sp³-hybridized carbons (Fsp3) is 0.250. The van der Waals surface area contributed by atoms with Crippen LogP contribution in [-0.2, 0) is 4.79 Å². The van der Waals surface area contributed by atoms with Crippen molar-refractivity contribution in [3.8, 4) is 5.75 Å². The van der Waals surface area contributed by atoms with Crippen LogP contribution in [0, 0.1) is 5.92 Å². The minimum absolute atomic E-state index is 0.0283. The average molecular weight is 419 g/mol. The summed E-state index contributed by atoms with van der Waals surface area (Å²) in [5.74, 6) is 0.474. The predicted octanol–water partition coefficient (Wildman–Crippen LogP) is 4.14. The van der Waals surface area contributed by atoms with Gasteiger partial charge < -0.3 is 15.0 Å². The highest BCUT2D eigenvalue weighted by molar-refractivity contribution is 6.08. The number of carbonyl (C=O) groups is 2. The number of nitrogens with zero attached hydrogens (tertiary/aromatic N) is 1. The Bertz CT molecular complexity index is 1110. The van der Waals surface area contributed by atoms with Crippen LogP contribution in [0.25, 0.3) is 10.8 Å². The van der Waals surface area contributed by atoms with Crippen LogP contribution in [0.15, 0.2) is 60.7 Å². The van der Waals surface area contributed by atoms with Gasteiger partial charge in [0.15, 0.2) is 0 Å². The van der Waals surface area contributed by atoms with Crippen molar-refractivity contribution in [2.24, 2.45) is 5.92 Å². The summed E-state index contributed by atoms with van der Waals surface area (Å²) in [5, 5.41) is 13.7. The molecule has 0 aromatic heterocycles. The maximum atomic E-state index is 13.2. The molecule has 160 valence electrons. The van der Waals surface area contributed by atoms with E-state index in [0.29, 0.717) is 42.9 Å². The molecular weight excluding hydrogens is 394 g/mol. The number of ether oxygens (including phenoxy) is 1. The average Bonchev–Trinajstić information content (AvgIpc) is 2.83. The third-order valence-corrected chi connectivity index (χ3v) is 5.75. The second-order valence-corrected chi connectivity index (χ2v) is 7.61. The number of methoxy groups -OCH3 is 1. The minimum atomic E-state index is -0.164. The number of hydrogen-bond donors (Lipinski definition) is 3. The Kier molecular flexibility index (Phi) is 6.04. The summed E-state index contributed by atoms with van der Waals surface area (Å²) in [6.07, 6.45) is 1.20. The highest BCUT2D eigenvalue weighted by atomic mass is 16.5. The van der Waals surface area contributed by atoms with Crippen molar-refractivity contribution < 1.29 is 19.5 Å². The van der Waals surface area contributed by atoms with Crippen LogP contribution in [-0.4, -0.2) is 42.1 Å². The number of hydrogen-bond acceptors (Lipinski definition) is 5. The summed E-state index contributed by atoms with van der Waals surface area (Å²) < 4.78 is 5.42. The maximum Gasteiger partial charge on any atom is 0.254 e. The number of piperidine rings is 1. The molecule has 3 aromatic carbocycles. The van der Waals surface area contributed by atoms with Gasteiger partial charge in [-0.25, -0.2) is 0 Å². The van der Waals surface area contributed by atoms with Crippen molar-refractivity contribution in [3.63, 3.8) is 0 Å². The smallest absolute Gasteiger partial charge is 0.254 e. The van der Waals surface area contributed by atoms with Crippen molar-refractivity contribution in [1.29, 1.82) is 0 Å². The Morgan fingerprint density at radius 2 is 1.68 bits per heavy atom. The first-order valence-corrected chi connectivity index (χ1v) is 10.3. The largest absolute Gasteiger partial charge is 0.496 e. The van der Waals surface area contributed by atoms with E-state index in [9.17, 15) is 9.59 Å². The van der Waals surface area contributed by atoms with Crippen molar-refractivity contribution in [3.05, 3.63) is 66.2 Å². The van der Waals surface area contributed by atoms with Gasteiger partial charge >= 0.3 is 0 Å². The van der Waals surface area contributed by atoms with E-state index < -0.39 is 0 Å². The van der Waals surface area contributed by atoms with Gasteiger partial charge in [-0.15, -0.1) is 0 Å². The maximum absolute atomic E-state index is 13.2. The highest BCUT2D eigenvalue weighted by Crippen LogP contribution is 2.30. The number of anilines is 2. The van der Waals surface area contributed by atoms with Gasteiger partial charge in [-0.1, -0.05) is 30.3 Å². The number of benzene rings is 3. The number of rotatable bonds is 5. The minimum Gasteiger partial charge on any atom is -0.496 e. The fourth-order valence-corrected chi connectivity index (χ4v) is 4.06. The first-order chi connectivity index (χ1) is 15.1. The molecule has 0 radical (unpaired) electrons. The molecule has 7 nitrogen and oxygen atoms in total. The van der Waals surface area contributed by atoms with Crippen molar-refractivity contribution in [2.75, 3.05) is 31.0 Å². The molecular formula is C24H25N3O4. The topological polar surface area (TPSA) is 90.9 Å². The monoisotopic (exact) mass is 419 g/mol. The highest BCUT2D eigenvalue weighted by Gasteiger charge is 2.28. The van der Waals surface area contributed by atoms with Crippen LogP contribution in [0.2, 0.25) is 0 Å². The molecule has 0 unspecified atom stereocenters. The van der Waals surface area contributed by atoms with Crippen molar-refractivity contribution in [1.82, 2.24) is 4.90 Å². The van der Waals surface area contributed by atoms with Gasteiger partial charge in [0.05, 0.1) is 12.8 Å². The van der Waals surface area contributed by atoms with E-state index in [0.717, 1.165) is 16.5 Å². The van der Waals surface area contributed by atoms with E-state index in [2.05, 4.69) is 10.8 Å². The molecule has 1 heterocycles. The van der Waals surface area contributed by atoms with E-state index in [1.165, 1.54) is 0 Å². The van der Waals surface area contributed by atoms with Crippen molar-refractivity contribution in [2.45, 2.75) is 12.8 Å². The first kappa shape index (κ1) is 20.7. The third kappa shape index (κ3) is 4.32. The Morgan fingerprint density at radius 3 is 2.39 bits per heavy atom. The SMILES string of the molecule is COc1ccc(C(=O)N2CCC(C(=O)Nc3cccc(NO)c3)CC2)c2ccccc12. The van der Waals surface area contributed by atoms with Gasteiger partial charge in [-0.3, -0.25) is 20.3 Å². The van der Waals surface area contributed by atoms with Crippen LogP contribution in [0.4, 0.5) is 11.4 Å². The summed E-state index contributed by atoms with van der Waals surface area (Å²) in [6.45, 7) is 1.05. The van der Waals surface area contributed by atoms with Crippen molar-refractivity contribution >= 4 is 34.0 Å². The molecule has 0 spiro atoms. The van der Waals surface area contributed by atoms with Gasteiger partial charge in [0.1, 0.15) is 5.75 Å². The molecule has 0 bridgehead atoms. The number of nitrogens with one attached hydrogen (secondary N) is 2. The Labute approximate surface area is 180 Å². The van der Waals surface area contributed by atoms with Gasteiger partial charge in [-0.2, -0.15) is 0 Å². The van der Waals surface area contributed by atoms with Gasteiger partial charge in [0.25, 0.3) is 5.91 Å². The second kappa shape index (κ2) is 9.06. The molecule has 0 aliphatic carbocycles. The van der Waals surface area contributed by atoms with E-state index in [-0.39, 0.29) is 17.7 Å². The Hall–Kier alpha value is -3.58. The summed E-state index contributed by atoms with van der Waals surface area (Å²) in [4.78, 5) is 27.7. The normalized spacial score (nSPS) is 14.3. The fourth-order valence-electron chi connectivity index (χ4n) is 4.06. The lowest BCUT2D eigenvalue weighted by Gasteiger charge is -2.31. The number of amides is 2. The third-order valence-electron chi connectivity index (χ3n) is 5.75. The summed E-state index contributed by atoms with van der Waals surface area (Å²) in [5.41, 5.74) is 3.84. The zero-order valence-corrected chi connectivity index (χ0v) is 17.3. The summed E-state index contributed by atoms with van der Waals surface area (Å²) in [7, 11) is 1.62. The molecule has 1 aliphatic heterocycles. The molecule has 31 heavy (non-hydrogen) atoms. The lowest BCUT2D eigenvalue weighted by atomic mass is 9.94. The molecule has 2 amide bonds. The van der Waals surface area contributed by atoms with Gasteiger partial charge in [-0.05, 0) is 48.6 Å². The molecule has 1 fully saturated rings. The van der Waals surface area contributed by atoms with E-state index in [4.69, 9.17) is 9.94 Å². The quantitative estimate of drug-likeness (QED) is 0.541. The molecule has 1 saturated heterocycles. The number of fused-ring (bicyclic) bond motifs is 1. The van der Waals surface area contributed by atoms with E-state index in [1.54, 1.807) is 31.4 Å². The van der Waals surface area contributed by atoms with Crippen LogP contribution in [0.3, 0.4) is 0 Å². The molecule has 0 atom stereocenters. The standard InChI is InChI=1S/C24H25N3O4/c1-31-22-10-9-21(19-7-2-3-8-20(19)22)24(29)27-13-11-16(12-14-27)23(28)25-17-5-4-6-18(15-17)26-30/h2-10,15-16,26,30H,11-14H2,1H3,(H,25,28). The second-order valence-electron chi connectivity index (χ2n) is 7.61. The number of carbonyl (C=O) groups excluding carboxylic acids is 2. The van der Waals surface area contributed by atoms with Crippen LogP contribution in [0.1, 0.15) is 23.2 Å². The van der Waals surface area contributed by atoms with E-state index in [1.807, 2.05) is 41.3 Å². The van der Waals surface area contributed by atoms with E-state index >= 15 is 0 Å². The van der Waals surface area contributed by atoms with Gasteiger partial charge in [0.2, 0.25) is 5.91 Å². The van der Waals surface area contributed by atoms with Gasteiger partial charge in [0, 0.05) is 35.6 Å². The molecule has 3 aromatic rings. The predicted molar refractivity (Wildman–Crippen MR) is 120 cm³/mol. The van der Waals surface area contributed by atoms with Crippen LogP contribution in [0.5, 0.6) is 5.75 Å². The zero-order chi connectivity index (χ0) is 21.8.